The van der Waals surface area contributed by atoms with Crippen LogP contribution in [-0.2, 0) is 9.53 Å². The lowest BCUT2D eigenvalue weighted by Crippen LogP contribution is -2.48. The Morgan fingerprint density at radius 2 is 2.07 bits per heavy atom. The van der Waals surface area contributed by atoms with E-state index < -0.39 is 5.97 Å². The van der Waals surface area contributed by atoms with Gasteiger partial charge in [-0.2, -0.15) is 0 Å². The maximum absolute atomic E-state index is 11.2. The van der Waals surface area contributed by atoms with Crippen molar-refractivity contribution in [3.63, 3.8) is 0 Å². The van der Waals surface area contributed by atoms with E-state index in [1.165, 1.54) is 0 Å². The molecule has 1 fully saturated rings. The van der Waals surface area contributed by atoms with E-state index in [4.69, 9.17) is 0 Å². The van der Waals surface area contributed by atoms with Crippen LogP contribution in [-0.4, -0.2) is 31.2 Å². The molecule has 0 bridgehead atoms. The van der Waals surface area contributed by atoms with Gasteiger partial charge in [-0.15, -0.1) is 0 Å². The third kappa shape index (κ3) is 4.18. The van der Waals surface area contributed by atoms with Crippen LogP contribution in [0.3, 0.4) is 0 Å². The number of esters is 1. The summed E-state index contributed by atoms with van der Waals surface area (Å²) in [5, 5.41) is 5.24. The van der Waals surface area contributed by atoms with Gasteiger partial charge in [0.15, 0.2) is 0 Å². The van der Waals surface area contributed by atoms with Gasteiger partial charge in [-0.1, -0.05) is 6.92 Å². The number of ether oxygens (including phenoxy) is 1. The first-order chi connectivity index (χ1) is 7.11. The second-order valence-electron chi connectivity index (χ2n) is 3.91. The van der Waals surface area contributed by atoms with Gasteiger partial charge in [0.05, 0.1) is 6.61 Å². The number of hydrogen-bond acceptors (Lipinski definition) is 3. The topological polar surface area (TPSA) is 67.4 Å². The molecular formula is C10H18N2O3. The molecule has 15 heavy (non-hydrogen) atoms. The highest BCUT2D eigenvalue weighted by atomic mass is 16.5. The zero-order chi connectivity index (χ0) is 11.3. The Morgan fingerprint density at radius 3 is 2.60 bits per heavy atom. The van der Waals surface area contributed by atoms with E-state index in [0.717, 1.165) is 12.8 Å². The van der Waals surface area contributed by atoms with Crippen molar-refractivity contribution in [2.24, 2.45) is 5.92 Å². The molecule has 1 aliphatic carbocycles. The summed E-state index contributed by atoms with van der Waals surface area (Å²) in [6.45, 7) is 4.15. The highest BCUT2D eigenvalue weighted by molar-refractivity contribution is 5.80. The lowest BCUT2D eigenvalue weighted by Gasteiger charge is -2.33. The van der Waals surface area contributed by atoms with E-state index in [9.17, 15) is 9.59 Å². The number of rotatable bonds is 4. The molecule has 0 spiro atoms. The molecule has 2 amide bonds. The van der Waals surface area contributed by atoms with Crippen LogP contribution in [0, 0.1) is 5.92 Å². The van der Waals surface area contributed by atoms with Gasteiger partial charge in [-0.3, -0.25) is 4.79 Å². The van der Waals surface area contributed by atoms with Gasteiger partial charge >= 0.3 is 12.0 Å². The van der Waals surface area contributed by atoms with E-state index in [-0.39, 0.29) is 18.6 Å². The SMILES string of the molecule is CCOC(=O)CNC(=O)NC1CC(C)C1. The van der Waals surface area contributed by atoms with Crippen LogP contribution < -0.4 is 10.6 Å². The summed E-state index contributed by atoms with van der Waals surface area (Å²) in [5.74, 6) is 0.287. The van der Waals surface area contributed by atoms with Crippen molar-refractivity contribution < 1.29 is 14.3 Å². The van der Waals surface area contributed by atoms with E-state index >= 15 is 0 Å². The van der Waals surface area contributed by atoms with Gasteiger partial charge in [-0.25, -0.2) is 4.79 Å². The molecule has 1 rings (SSSR count). The number of carbonyl (C=O) groups is 2. The lowest BCUT2D eigenvalue weighted by atomic mass is 9.82. The van der Waals surface area contributed by atoms with Crippen molar-refractivity contribution in [1.82, 2.24) is 10.6 Å². The van der Waals surface area contributed by atoms with Crippen molar-refractivity contribution >= 4 is 12.0 Å². The third-order valence-corrected chi connectivity index (χ3v) is 2.41. The number of amides is 2. The first-order valence-corrected chi connectivity index (χ1v) is 5.31. The first kappa shape index (κ1) is 11.8. The van der Waals surface area contributed by atoms with E-state index in [1.54, 1.807) is 6.92 Å². The van der Waals surface area contributed by atoms with Crippen molar-refractivity contribution in [3.8, 4) is 0 Å². The molecule has 0 radical (unpaired) electrons. The summed E-state index contributed by atoms with van der Waals surface area (Å²) in [4.78, 5) is 22.1. The predicted molar refractivity (Wildman–Crippen MR) is 55.4 cm³/mol. The second kappa shape index (κ2) is 5.58. The van der Waals surface area contributed by atoms with Crippen LogP contribution >= 0.6 is 0 Å². The largest absolute Gasteiger partial charge is 0.465 e. The number of hydrogen-bond donors (Lipinski definition) is 2. The molecule has 1 saturated carbocycles. The monoisotopic (exact) mass is 214 g/mol. The van der Waals surface area contributed by atoms with Crippen LogP contribution in [0.4, 0.5) is 4.79 Å². The average Bonchev–Trinajstić information content (AvgIpc) is 2.13. The Balaban J connectivity index is 2.06. The predicted octanol–water partition coefficient (Wildman–Crippen LogP) is 0.647. The number of nitrogens with one attached hydrogen (secondary N) is 2. The standard InChI is InChI=1S/C10H18N2O3/c1-3-15-9(13)6-11-10(14)12-8-4-7(2)5-8/h7-8H,3-6H2,1-2H3,(H2,11,12,14). The summed E-state index contributed by atoms with van der Waals surface area (Å²) < 4.78 is 4.67. The minimum Gasteiger partial charge on any atom is -0.465 e. The van der Waals surface area contributed by atoms with Crippen molar-refractivity contribution in [2.75, 3.05) is 13.2 Å². The molecule has 0 aromatic carbocycles. The third-order valence-electron chi connectivity index (χ3n) is 2.41. The average molecular weight is 214 g/mol. The lowest BCUT2D eigenvalue weighted by molar-refractivity contribution is -0.141. The summed E-state index contributed by atoms with van der Waals surface area (Å²) >= 11 is 0. The maximum Gasteiger partial charge on any atom is 0.325 e. The van der Waals surface area contributed by atoms with E-state index in [2.05, 4.69) is 22.3 Å². The number of urea groups is 1. The van der Waals surface area contributed by atoms with Crippen molar-refractivity contribution in [2.45, 2.75) is 32.7 Å². The van der Waals surface area contributed by atoms with Gasteiger partial charge in [0.25, 0.3) is 0 Å². The smallest absolute Gasteiger partial charge is 0.325 e. The van der Waals surface area contributed by atoms with Crippen LogP contribution in [0.5, 0.6) is 0 Å². The molecule has 0 aromatic rings. The summed E-state index contributed by atoms with van der Waals surface area (Å²) in [7, 11) is 0. The Hall–Kier alpha value is -1.26. The Kier molecular flexibility index (Phi) is 4.39. The molecule has 5 heteroatoms. The molecule has 0 atom stereocenters. The Labute approximate surface area is 89.6 Å². The molecule has 1 aliphatic rings. The van der Waals surface area contributed by atoms with Crippen LogP contribution in [0.25, 0.3) is 0 Å². The molecule has 0 saturated heterocycles. The van der Waals surface area contributed by atoms with Gasteiger partial charge in [0, 0.05) is 6.04 Å². The summed E-state index contributed by atoms with van der Waals surface area (Å²) in [6, 6.07) is -0.0258. The fraction of sp³-hybridized carbons (Fsp3) is 0.800. The maximum atomic E-state index is 11.2. The van der Waals surface area contributed by atoms with Crippen LogP contribution in [0.1, 0.15) is 26.7 Å². The minimum atomic E-state index is -0.408. The molecule has 2 N–H and O–H groups in total. The van der Waals surface area contributed by atoms with Gasteiger partial charge in [-0.05, 0) is 25.7 Å². The Bertz CT molecular complexity index is 237. The molecule has 86 valence electrons. The fourth-order valence-corrected chi connectivity index (χ4v) is 1.62. The Morgan fingerprint density at radius 1 is 1.40 bits per heavy atom. The highest BCUT2D eigenvalue weighted by Gasteiger charge is 2.26. The number of carbonyl (C=O) groups excluding carboxylic acids is 2. The van der Waals surface area contributed by atoms with Crippen LogP contribution in [0.15, 0.2) is 0 Å². The molecule has 0 unspecified atom stereocenters. The molecule has 0 heterocycles. The zero-order valence-corrected chi connectivity index (χ0v) is 9.21. The molecule has 5 nitrogen and oxygen atoms in total. The van der Waals surface area contributed by atoms with Gasteiger partial charge in [0.1, 0.15) is 6.54 Å². The fourth-order valence-electron chi connectivity index (χ4n) is 1.62. The molecule has 0 aliphatic heterocycles. The second-order valence-corrected chi connectivity index (χ2v) is 3.91. The van der Waals surface area contributed by atoms with Crippen molar-refractivity contribution in [1.29, 1.82) is 0 Å². The van der Waals surface area contributed by atoms with E-state index in [1.807, 2.05) is 0 Å². The van der Waals surface area contributed by atoms with Gasteiger partial charge in [0.2, 0.25) is 0 Å². The quantitative estimate of drug-likeness (QED) is 0.675. The molecular weight excluding hydrogens is 196 g/mol. The highest BCUT2D eigenvalue weighted by Crippen LogP contribution is 2.25. The first-order valence-electron chi connectivity index (χ1n) is 5.31. The van der Waals surface area contributed by atoms with Crippen LogP contribution in [0.2, 0.25) is 0 Å². The van der Waals surface area contributed by atoms with Gasteiger partial charge < -0.3 is 15.4 Å². The summed E-state index contributed by atoms with van der Waals surface area (Å²) in [6.07, 6.45) is 2.04. The zero-order valence-electron chi connectivity index (χ0n) is 9.21. The van der Waals surface area contributed by atoms with E-state index in [0.29, 0.717) is 12.5 Å². The van der Waals surface area contributed by atoms with Crippen molar-refractivity contribution in [3.05, 3.63) is 0 Å². The molecule has 0 aromatic heterocycles. The minimum absolute atomic E-state index is 0.0675. The normalized spacial score (nSPS) is 23.9. The summed E-state index contributed by atoms with van der Waals surface area (Å²) in [5.41, 5.74) is 0.